The van der Waals surface area contributed by atoms with E-state index in [2.05, 4.69) is 15.5 Å². The average Bonchev–Trinajstić information content (AvgIpc) is 3.13. The number of rotatable bonds is 5. The number of carboxylic acid groups (broad SMARTS) is 1. The summed E-state index contributed by atoms with van der Waals surface area (Å²) >= 11 is 2.88. The Morgan fingerprint density at radius 3 is 2.71 bits per heavy atom. The van der Waals surface area contributed by atoms with Crippen molar-refractivity contribution in [2.45, 2.75) is 30.5 Å². The summed E-state index contributed by atoms with van der Waals surface area (Å²) in [5.41, 5.74) is 0. The van der Waals surface area contributed by atoms with Gasteiger partial charge in [-0.15, -0.1) is 10.2 Å². The number of hydrogen-bond donors (Lipinski definition) is 1. The molecular formula is C13H16N3O3S2-. The SMILES string of the molecule is CCSc1nnc(NC(=O)[C@H]2[C@@H]3CC[C@@H](C3)[C@@H]2C(=O)[O-])s1. The molecule has 0 aromatic carbocycles. The first kappa shape index (κ1) is 14.8. The Bertz CT molecular complexity index is 563. The smallest absolute Gasteiger partial charge is 0.230 e. The fourth-order valence-corrected chi connectivity index (χ4v) is 5.29. The molecule has 3 rings (SSSR count). The van der Waals surface area contributed by atoms with Gasteiger partial charge in [0, 0.05) is 17.8 Å². The van der Waals surface area contributed by atoms with Crippen LogP contribution in [0.2, 0.25) is 0 Å². The van der Waals surface area contributed by atoms with Crippen LogP contribution in [-0.4, -0.2) is 27.8 Å². The third kappa shape index (κ3) is 2.78. The molecule has 1 aromatic heterocycles. The molecule has 0 aliphatic heterocycles. The van der Waals surface area contributed by atoms with E-state index in [0.29, 0.717) is 5.13 Å². The first-order valence-electron chi connectivity index (χ1n) is 7.08. The fourth-order valence-electron chi connectivity index (χ4n) is 3.64. The lowest BCUT2D eigenvalue weighted by Gasteiger charge is -2.30. The zero-order valence-electron chi connectivity index (χ0n) is 11.6. The lowest BCUT2D eigenvalue weighted by atomic mass is 9.79. The van der Waals surface area contributed by atoms with E-state index < -0.39 is 17.8 Å². The van der Waals surface area contributed by atoms with Crippen LogP contribution in [0.3, 0.4) is 0 Å². The molecular weight excluding hydrogens is 310 g/mol. The minimum atomic E-state index is -1.10. The molecule has 1 heterocycles. The number of aromatic nitrogens is 2. The summed E-state index contributed by atoms with van der Waals surface area (Å²) in [6.07, 6.45) is 2.65. The van der Waals surface area contributed by atoms with Crippen LogP contribution in [0.15, 0.2) is 4.34 Å². The number of nitrogens with zero attached hydrogens (tertiary/aromatic N) is 2. The lowest BCUT2D eigenvalue weighted by Crippen LogP contribution is -2.43. The molecule has 0 spiro atoms. The Balaban J connectivity index is 1.70. The summed E-state index contributed by atoms with van der Waals surface area (Å²) in [5.74, 6) is -1.34. The molecule has 1 amide bonds. The summed E-state index contributed by atoms with van der Waals surface area (Å²) in [6.45, 7) is 2.02. The molecule has 2 saturated carbocycles. The summed E-state index contributed by atoms with van der Waals surface area (Å²) in [5, 5.41) is 22.4. The van der Waals surface area contributed by atoms with Crippen LogP contribution in [-0.2, 0) is 9.59 Å². The topological polar surface area (TPSA) is 95.0 Å². The number of aliphatic carboxylic acids is 1. The molecule has 0 saturated heterocycles. The summed E-state index contributed by atoms with van der Waals surface area (Å²) in [6, 6.07) is 0. The van der Waals surface area contributed by atoms with E-state index in [1.165, 1.54) is 11.3 Å². The Morgan fingerprint density at radius 2 is 2.05 bits per heavy atom. The number of thioether (sulfide) groups is 1. The second-order valence-electron chi connectivity index (χ2n) is 5.50. The lowest BCUT2D eigenvalue weighted by molar-refractivity contribution is -0.314. The molecule has 8 heteroatoms. The van der Waals surface area contributed by atoms with Crippen molar-refractivity contribution in [1.29, 1.82) is 0 Å². The van der Waals surface area contributed by atoms with Crippen molar-refractivity contribution < 1.29 is 14.7 Å². The third-order valence-electron chi connectivity index (χ3n) is 4.40. The highest BCUT2D eigenvalue weighted by atomic mass is 32.2. The Kier molecular flexibility index (Phi) is 4.17. The van der Waals surface area contributed by atoms with Gasteiger partial charge in [-0.05, 0) is 36.9 Å². The Hall–Kier alpha value is -1.15. The van der Waals surface area contributed by atoms with Gasteiger partial charge in [0.15, 0.2) is 4.34 Å². The maximum absolute atomic E-state index is 12.4. The van der Waals surface area contributed by atoms with E-state index in [9.17, 15) is 14.7 Å². The highest BCUT2D eigenvalue weighted by Crippen LogP contribution is 2.52. The van der Waals surface area contributed by atoms with Crippen LogP contribution in [0, 0.1) is 23.7 Å². The van der Waals surface area contributed by atoms with Gasteiger partial charge in [-0.3, -0.25) is 4.79 Å². The minimum absolute atomic E-state index is 0.0939. The van der Waals surface area contributed by atoms with E-state index in [0.717, 1.165) is 29.4 Å². The highest BCUT2D eigenvalue weighted by Gasteiger charge is 2.51. The van der Waals surface area contributed by atoms with Crippen molar-refractivity contribution in [1.82, 2.24) is 10.2 Å². The summed E-state index contributed by atoms with van der Waals surface area (Å²) in [7, 11) is 0. The maximum atomic E-state index is 12.4. The monoisotopic (exact) mass is 326 g/mol. The second-order valence-corrected chi connectivity index (χ2v) is 7.99. The molecule has 2 fully saturated rings. The highest BCUT2D eigenvalue weighted by molar-refractivity contribution is 8.01. The van der Waals surface area contributed by atoms with E-state index in [4.69, 9.17) is 0 Å². The first-order chi connectivity index (χ1) is 10.1. The number of carbonyl (C=O) groups is 2. The van der Waals surface area contributed by atoms with Gasteiger partial charge in [0.1, 0.15) is 0 Å². The van der Waals surface area contributed by atoms with Gasteiger partial charge in [0.05, 0.1) is 0 Å². The predicted molar refractivity (Wildman–Crippen MR) is 77.8 cm³/mol. The molecule has 114 valence electrons. The molecule has 1 aromatic rings. The van der Waals surface area contributed by atoms with Gasteiger partial charge in [-0.1, -0.05) is 30.0 Å². The van der Waals surface area contributed by atoms with Crippen molar-refractivity contribution in [2.75, 3.05) is 11.1 Å². The van der Waals surface area contributed by atoms with Gasteiger partial charge in [-0.25, -0.2) is 0 Å². The minimum Gasteiger partial charge on any atom is -0.550 e. The molecule has 1 N–H and O–H groups in total. The molecule has 2 aliphatic rings. The zero-order chi connectivity index (χ0) is 15.0. The predicted octanol–water partition coefficient (Wildman–Crippen LogP) is 1.00. The third-order valence-corrected chi connectivity index (χ3v) is 6.25. The van der Waals surface area contributed by atoms with Crippen molar-refractivity contribution in [3.63, 3.8) is 0 Å². The van der Waals surface area contributed by atoms with Crippen molar-refractivity contribution in [2.24, 2.45) is 23.7 Å². The molecule has 21 heavy (non-hydrogen) atoms. The number of amides is 1. The van der Waals surface area contributed by atoms with E-state index >= 15 is 0 Å². The Morgan fingerprint density at radius 1 is 1.33 bits per heavy atom. The number of hydrogen-bond acceptors (Lipinski definition) is 7. The van der Waals surface area contributed by atoms with E-state index in [-0.39, 0.29) is 17.7 Å². The van der Waals surface area contributed by atoms with Crippen molar-refractivity contribution in [3.8, 4) is 0 Å². The molecule has 2 bridgehead atoms. The summed E-state index contributed by atoms with van der Waals surface area (Å²) < 4.78 is 0.803. The quantitative estimate of drug-likeness (QED) is 0.641. The largest absolute Gasteiger partial charge is 0.550 e. The van der Waals surface area contributed by atoms with Gasteiger partial charge in [0.25, 0.3) is 0 Å². The van der Waals surface area contributed by atoms with Crippen LogP contribution < -0.4 is 10.4 Å². The van der Waals surface area contributed by atoms with Crippen molar-refractivity contribution in [3.05, 3.63) is 0 Å². The summed E-state index contributed by atoms with van der Waals surface area (Å²) in [4.78, 5) is 23.7. The standard InChI is InChI=1S/C13H17N3O3S2/c1-2-20-13-16-15-12(21-13)14-10(17)8-6-3-4-7(5-6)9(8)11(18)19/h6-9H,2-5H2,1H3,(H,18,19)(H,14,15,17)/p-1/t6-,7+,8+,9+/m1/s1. The van der Waals surface area contributed by atoms with Crippen LogP contribution >= 0.6 is 23.1 Å². The van der Waals surface area contributed by atoms with Gasteiger partial charge in [0.2, 0.25) is 11.0 Å². The average molecular weight is 326 g/mol. The van der Waals surface area contributed by atoms with Crippen LogP contribution in [0.5, 0.6) is 0 Å². The molecule has 2 aliphatic carbocycles. The second kappa shape index (κ2) is 5.92. The van der Waals surface area contributed by atoms with Crippen LogP contribution in [0.4, 0.5) is 5.13 Å². The maximum Gasteiger partial charge on any atom is 0.230 e. The number of fused-ring (bicyclic) bond motifs is 2. The zero-order valence-corrected chi connectivity index (χ0v) is 13.2. The van der Waals surface area contributed by atoms with Crippen molar-refractivity contribution >= 4 is 40.1 Å². The van der Waals surface area contributed by atoms with E-state index in [1.54, 1.807) is 11.8 Å². The van der Waals surface area contributed by atoms with Crippen LogP contribution in [0.25, 0.3) is 0 Å². The normalized spacial score (nSPS) is 30.5. The Labute approximate surface area is 130 Å². The van der Waals surface area contributed by atoms with Crippen LogP contribution in [0.1, 0.15) is 26.2 Å². The molecule has 0 radical (unpaired) electrons. The number of anilines is 1. The number of carboxylic acids is 1. The molecule has 6 nitrogen and oxygen atoms in total. The number of nitrogens with one attached hydrogen (secondary N) is 1. The first-order valence-corrected chi connectivity index (χ1v) is 8.88. The fraction of sp³-hybridized carbons (Fsp3) is 0.692. The molecule has 4 atom stereocenters. The van der Waals surface area contributed by atoms with E-state index in [1.807, 2.05) is 6.92 Å². The van der Waals surface area contributed by atoms with Gasteiger partial charge >= 0.3 is 0 Å². The van der Waals surface area contributed by atoms with Gasteiger partial charge < -0.3 is 15.2 Å². The number of carbonyl (C=O) groups excluding carboxylic acids is 2. The van der Waals surface area contributed by atoms with Gasteiger partial charge in [-0.2, -0.15) is 0 Å². The molecule has 0 unspecified atom stereocenters.